The van der Waals surface area contributed by atoms with Crippen LogP contribution in [0.15, 0.2) is 155 Å². The summed E-state index contributed by atoms with van der Waals surface area (Å²) in [7, 11) is -7.81. The number of thioether (sulfide) groups is 2. The van der Waals surface area contributed by atoms with Gasteiger partial charge in [0.2, 0.25) is 31.9 Å². The molecule has 2 atom stereocenters. The lowest BCUT2D eigenvalue weighted by molar-refractivity contribution is -0.123. The van der Waals surface area contributed by atoms with Crippen LogP contribution in [-0.2, 0) is 42.7 Å². The molecule has 2 N–H and O–H groups in total. The van der Waals surface area contributed by atoms with Crippen LogP contribution in [0.4, 0.5) is 17.6 Å². The fraction of sp³-hybridized carbons (Fsp3) is 0.174. The van der Waals surface area contributed by atoms with Crippen molar-refractivity contribution in [2.24, 2.45) is 0 Å². The molecule has 2 unspecified atom stereocenters. The molecule has 2 saturated heterocycles. The highest BCUT2D eigenvalue weighted by molar-refractivity contribution is 8.02. The Morgan fingerprint density at radius 2 is 0.906 bits per heavy atom. The van der Waals surface area contributed by atoms with E-state index >= 15 is 0 Å². The molecule has 64 heavy (non-hydrogen) atoms. The standard InChI is InChI=1S/2C23H20F2N2O3S2/c24-19-9-6-18(21(25)14-19)15-26-22(28)23-27(12-13-31-23)32(29,30)20-10-7-17(8-11-20)16-4-2-1-3-5-16;24-19-8-11-21(25)18(14-19)15-26-22(28)23-27(12-13-31-23)32(29,30)20-9-6-17(7-10-20)16-4-2-1-3-5-16/h2*1-11,14,23H,12-13,15H2,(H,26,28). The van der Waals surface area contributed by atoms with Gasteiger partial charge in [-0.15, -0.1) is 23.5 Å². The number of hydrogen-bond acceptors (Lipinski definition) is 8. The summed E-state index contributed by atoms with van der Waals surface area (Å²) < 4.78 is 109. The first kappa shape index (κ1) is 46.5. The minimum absolute atomic E-state index is 0.00717. The lowest BCUT2D eigenvalue weighted by Gasteiger charge is -2.22. The molecule has 2 amide bonds. The summed E-state index contributed by atoms with van der Waals surface area (Å²) in [6.07, 6.45) is 0. The van der Waals surface area contributed by atoms with Crippen molar-refractivity contribution >= 4 is 55.4 Å². The Bertz CT molecular complexity index is 2830. The molecule has 0 radical (unpaired) electrons. The first-order valence-corrected chi connectivity index (χ1v) is 24.7. The summed E-state index contributed by atoms with van der Waals surface area (Å²) in [6.45, 7) is -0.0307. The number of nitrogens with zero attached hydrogens (tertiary/aromatic N) is 2. The number of benzene rings is 6. The number of nitrogens with one attached hydrogen (secondary N) is 2. The highest BCUT2D eigenvalue weighted by atomic mass is 32.2. The zero-order chi connectivity index (χ0) is 45.4. The van der Waals surface area contributed by atoms with Crippen molar-refractivity contribution in [3.05, 3.63) is 180 Å². The molecular formula is C46H40F4N4O6S4. The Balaban J connectivity index is 0.000000191. The fourth-order valence-corrected chi connectivity index (χ4v) is 13.1. The molecule has 18 heteroatoms. The third-order valence-corrected chi connectivity index (χ3v) is 16.6. The monoisotopic (exact) mass is 948 g/mol. The molecule has 10 nitrogen and oxygen atoms in total. The number of sulfonamides is 2. The van der Waals surface area contributed by atoms with E-state index in [1.807, 2.05) is 60.7 Å². The van der Waals surface area contributed by atoms with Crippen molar-refractivity contribution in [1.29, 1.82) is 0 Å². The van der Waals surface area contributed by atoms with Crippen molar-refractivity contribution in [3.63, 3.8) is 0 Å². The second-order valence-corrected chi connectivity index (χ2v) is 20.5. The Morgan fingerprint density at radius 1 is 0.500 bits per heavy atom. The van der Waals surface area contributed by atoms with Gasteiger partial charge in [-0.1, -0.05) is 91.0 Å². The molecule has 0 aromatic heterocycles. The quantitative estimate of drug-likeness (QED) is 0.118. The van der Waals surface area contributed by atoms with Crippen LogP contribution >= 0.6 is 23.5 Å². The van der Waals surface area contributed by atoms with Gasteiger partial charge in [0.05, 0.1) is 9.79 Å². The van der Waals surface area contributed by atoms with E-state index in [1.165, 1.54) is 53.9 Å². The number of carbonyl (C=O) groups excluding carboxylic acids is 2. The molecule has 6 aromatic carbocycles. The third kappa shape index (κ3) is 10.9. The number of amides is 2. The van der Waals surface area contributed by atoms with E-state index in [2.05, 4.69) is 10.6 Å². The maximum absolute atomic E-state index is 13.8. The summed E-state index contributed by atoms with van der Waals surface area (Å²) in [4.78, 5) is 25.6. The van der Waals surface area contributed by atoms with Gasteiger partial charge in [-0.3, -0.25) is 9.59 Å². The largest absolute Gasteiger partial charge is 0.350 e. The highest BCUT2D eigenvalue weighted by Gasteiger charge is 2.41. The molecule has 332 valence electrons. The van der Waals surface area contributed by atoms with Crippen LogP contribution in [0.3, 0.4) is 0 Å². The van der Waals surface area contributed by atoms with Gasteiger partial charge in [0, 0.05) is 54.9 Å². The fourth-order valence-electron chi connectivity index (χ4n) is 6.87. The van der Waals surface area contributed by atoms with Crippen molar-refractivity contribution < 1.29 is 44.0 Å². The minimum atomic E-state index is -3.91. The van der Waals surface area contributed by atoms with Crippen LogP contribution < -0.4 is 10.6 Å². The molecule has 2 heterocycles. The van der Waals surface area contributed by atoms with Crippen molar-refractivity contribution in [3.8, 4) is 22.3 Å². The average Bonchev–Trinajstić information content (AvgIpc) is 4.03. The highest BCUT2D eigenvalue weighted by Crippen LogP contribution is 2.33. The van der Waals surface area contributed by atoms with Crippen LogP contribution in [-0.4, -0.2) is 72.6 Å². The molecule has 0 spiro atoms. The molecule has 0 aliphatic carbocycles. The predicted octanol–water partition coefficient (Wildman–Crippen LogP) is 8.02. The van der Waals surface area contributed by atoms with Gasteiger partial charge in [-0.2, -0.15) is 8.61 Å². The van der Waals surface area contributed by atoms with Crippen LogP contribution in [0, 0.1) is 23.3 Å². The molecule has 8 rings (SSSR count). The number of halogens is 4. The van der Waals surface area contributed by atoms with Crippen molar-refractivity contribution in [2.45, 2.75) is 33.6 Å². The lowest BCUT2D eigenvalue weighted by Crippen LogP contribution is -2.44. The molecule has 0 saturated carbocycles. The molecule has 0 bridgehead atoms. The Morgan fingerprint density at radius 3 is 1.36 bits per heavy atom. The van der Waals surface area contributed by atoms with Crippen LogP contribution in [0.25, 0.3) is 22.3 Å². The topological polar surface area (TPSA) is 133 Å². The normalized spacial score (nSPS) is 16.8. The van der Waals surface area contributed by atoms with E-state index in [4.69, 9.17) is 0 Å². The van der Waals surface area contributed by atoms with Gasteiger partial charge in [0.1, 0.15) is 34.0 Å². The Labute approximate surface area is 377 Å². The zero-order valence-electron chi connectivity index (χ0n) is 33.7. The van der Waals surface area contributed by atoms with Gasteiger partial charge < -0.3 is 10.6 Å². The van der Waals surface area contributed by atoms with E-state index in [0.717, 1.165) is 61.2 Å². The number of hydrogen-bond donors (Lipinski definition) is 2. The first-order chi connectivity index (χ1) is 30.7. The molecule has 2 fully saturated rings. The van der Waals surface area contributed by atoms with Crippen molar-refractivity contribution in [1.82, 2.24) is 19.2 Å². The smallest absolute Gasteiger partial charge is 0.249 e. The second kappa shape index (κ2) is 20.6. The van der Waals surface area contributed by atoms with E-state index in [0.29, 0.717) is 11.5 Å². The average molecular weight is 949 g/mol. The zero-order valence-corrected chi connectivity index (χ0v) is 37.0. The summed E-state index contributed by atoms with van der Waals surface area (Å²) in [6, 6.07) is 38.3. The Hall–Kier alpha value is -5.50. The first-order valence-electron chi connectivity index (χ1n) is 19.7. The molecule has 6 aromatic rings. The SMILES string of the molecule is O=C(NCc1cc(F)ccc1F)C1SCCN1S(=O)(=O)c1ccc(-c2ccccc2)cc1.O=C(NCc1ccc(F)cc1F)C1SCCN1S(=O)(=O)c1ccc(-c2ccccc2)cc1. The summed E-state index contributed by atoms with van der Waals surface area (Å²) in [5, 5.41) is 3.14. The maximum atomic E-state index is 13.8. The van der Waals surface area contributed by atoms with Crippen molar-refractivity contribution in [2.75, 3.05) is 24.6 Å². The third-order valence-electron chi connectivity index (χ3n) is 10.2. The predicted molar refractivity (Wildman–Crippen MR) is 240 cm³/mol. The van der Waals surface area contributed by atoms with Gasteiger partial charge in [-0.25, -0.2) is 34.4 Å². The van der Waals surface area contributed by atoms with Gasteiger partial charge in [0.15, 0.2) is 0 Å². The van der Waals surface area contributed by atoms with Gasteiger partial charge >= 0.3 is 0 Å². The van der Waals surface area contributed by atoms with Gasteiger partial charge in [-0.05, 0) is 70.8 Å². The van der Waals surface area contributed by atoms with E-state index < -0.39 is 65.9 Å². The molecular weight excluding hydrogens is 909 g/mol. The lowest BCUT2D eigenvalue weighted by atomic mass is 10.1. The van der Waals surface area contributed by atoms with Crippen LogP contribution in [0.1, 0.15) is 11.1 Å². The van der Waals surface area contributed by atoms with Crippen LogP contribution in [0.5, 0.6) is 0 Å². The van der Waals surface area contributed by atoms with Crippen LogP contribution in [0.2, 0.25) is 0 Å². The van der Waals surface area contributed by atoms with E-state index in [9.17, 15) is 44.0 Å². The molecule has 2 aliphatic rings. The number of rotatable bonds is 12. The summed E-state index contributed by atoms with van der Waals surface area (Å²) in [5.41, 5.74) is 3.82. The van der Waals surface area contributed by atoms with E-state index in [1.54, 1.807) is 24.3 Å². The summed E-state index contributed by atoms with van der Waals surface area (Å²) in [5.74, 6) is -2.94. The molecule has 2 aliphatic heterocycles. The second-order valence-electron chi connectivity index (χ2n) is 14.4. The number of carbonyl (C=O) groups is 2. The van der Waals surface area contributed by atoms with Gasteiger partial charge in [0.25, 0.3) is 0 Å². The Kier molecular flexibility index (Phi) is 14.9. The van der Waals surface area contributed by atoms with E-state index in [-0.39, 0.29) is 47.1 Å². The maximum Gasteiger partial charge on any atom is 0.249 e. The minimum Gasteiger partial charge on any atom is -0.350 e. The summed E-state index contributed by atoms with van der Waals surface area (Å²) >= 11 is 2.39.